The van der Waals surface area contributed by atoms with Crippen LogP contribution >= 0.6 is 0 Å². The van der Waals surface area contributed by atoms with Crippen LogP contribution in [0.15, 0.2) is 30.5 Å². The van der Waals surface area contributed by atoms with E-state index >= 15 is 0 Å². The molecule has 0 unspecified atom stereocenters. The van der Waals surface area contributed by atoms with Crippen molar-refractivity contribution < 1.29 is 13.2 Å². The maximum atomic E-state index is 12.6. The Morgan fingerprint density at radius 2 is 2.11 bits per heavy atom. The van der Waals surface area contributed by atoms with Crippen molar-refractivity contribution in [1.82, 2.24) is 14.6 Å². The lowest BCUT2D eigenvalue weighted by molar-refractivity contribution is -0.133. The van der Waals surface area contributed by atoms with Gasteiger partial charge in [-0.3, -0.25) is 4.79 Å². The van der Waals surface area contributed by atoms with Crippen LogP contribution in [0, 0.1) is 5.92 Å². The third kappa shape index (κ3) is 5.11. The highest BCUT2D eigenvalue weighted by molar-refractivity contribution is 7.88. The quantitative estimate of drug-likeness (QED) is 0.761. The predicted octanol–water partition coefficient (Wildman–Crippen LogP) is 2.67. The summed E-state index contributed by atoms with van der Waals surface area (Å²) in [5, 5.41) is 1.23. The summed E-state index contributed by atoms with van der Waals surface area (Å²) in [7, 11) is -3.22. The Bertz CT molecular complexity index is 891. The minimum Gasteiger partial charge on any atom is -0.361 e. The zero-order chi connectivity index (χ0) is 19.4. The smallest absolute Gasteiger partial charge is 0.222 e. The molecule has 1 fully saturated rings. The first kappa shape index (κ1) is 19.9. The number of para-hydroxylation sites is 1. The van der Waals surface area contributed by atoms with Gasteiger partial charge in [-0.05, 0) is 36.8 Å². The molecule has 3 rings (SSSR count). The summed E-state index contributed by atoms with van der Waals surface area (Å²) in [6.07, 6.45) is 6.98. The third-order valence-electron chi connectivity index (χ3n) is 5.49. The van der Waals surface area contributed by atoms with Gasteiger partial charge in [0.2, 0.25) is 15.9 Å². The fourth-order valence-electron chi connectivity index (χ4n) is 4.03. The minimum atomic E-state index is -3.22. The van der Waals surface area contributed by atoms with Gasteiger partial charge in [0, 0.05) is 42.7 Å². The molecule has 1 saturated heterocycles. The average Bonchev–Trinajstić information content (AvgIpc) is 3.04. The van der Waals surface area contributed by atoms with Crippen molar-refractivity contribution in [3.05, 3.63) is 36.0 Å². The number of amides is 1. The molecule has 1 aromatic heterocycles. The van der Waals surface area contributed by atoms with Crippen LogP contribution in [-0.2, 0) is 21.2 Å². The van der Waals surface area contributed by atoms with E-state index in [1.54, 1.807) is 0 Å². The first-order valence-corrected chi connectivity index (χ1v) is 11.6. The van der Waals surface area contributed by atoms with Gasteiger partial charge >= 0.3 is 0 Å². The topological polar surface area (TPSA) is 82.3 Å². The molecule has 1 aliphatic heterocycles. The van der Waals surface area contributed by atoms with Gasteiger partial charge in [0.25, 0.3) is 0 Å². The Labute approximate surface area is 161 Å². The van der Waals surface area contributed by atoms with Crippen molar-refractivity contribution in [2.75, 3.05) is 19.3 Å². The Morgan fingerprint density at radius 3 is 2.85 bits per heavy atom. The molecule has 2 N–H and O–H groups in total. The SMILES string of the molecule is CC[C@@H]1CN(C(=O)CCCc2c[nH]c3ccccc23)CC[C@@H]1NS(C)(=O)=O. The molecule has 6 nitrogen and oxygen atoms in total. The molecule has 2 aromatic rings. The fourth-order valence-corrected chi connectivity index (χ4v) is 4.89. The highest BCUT2D eigenvalue weighted by Gasteiger charge is 2.31. The molecule has 0 aliphatic carbocycles. The number of nitrogens with zero attached hydrogens (tertiary/aromatic N) is 1. The summed E-state index contributed by atoms with van der Waals surface area (Å²) in [4.78, 5) is 17.8. The van der Waals surface area contributed by atoms with E-state index in [-0.39, 0.29) is 17.9 Å². The molecule has 7 heteroatoms. The highest BCUT2D eigenvalue weighted by Crippen LogP contribution is 2.23. The molecule has 1 amide bonds. The molecule has 27 heavy (non-hydrogen) atoms. The maximum absolute atomic E-state index is 12.6. The van der Waals surface area contributed by atoms with Gasteiger partial charge in [-0.15, -0.1) is 0 Å². The number of benzene rings is 1. The largest absolute Gasteiger partial charge is 0.361 e. The van der Waals surface area contributed by atoms with Crippen LogP contribution < -0.4 is 4.72 Å². The van der Waals surface area contributed by atoms with E-state index in [9.17, 15) is 13.2 Å². The number of aromatic amines is 1. The van der Waals surface area contributed by atoms with E-state index in [1.807, 2.05) is 30.2 Å². The normalized spacial score (nSPS) is 20.9. The summed E-state index contributed by atoms with van der Waals surface area (Å²) in [5.41, 5.74) is 2.38. The molecule has 0 bridgehead atoms. The van der Waals surface area contributed by atoms with E-state index in [2.05, 4.69) is 21.8 Å². The molecule has 0 radical (unpaired) electrons. The van der Waals surface area contributed by atoms with Gasteiger partial charge in [-0.1, -0.05) is 31.5 Å². The van der Waals surface area contributed by atoms with Crippen molar-refractivity contribution >= 4 is 26.8 Å². The van der Waals surface area contributed by atoms with E-state index in [0.29, 0.717) is 25.9 Å². The second kappa shape index (κ2) is 8.44. The summed E-state index contributed by atoms with van der Waals surface area (Å²) >= 11 is 0. The number of aromatic nitrogens is 1. The lowest BCUT2D eigenvalue weighted by Crippen LogP contribution is -2.52. The highest BCUT2D eigenvalue weighted by atomic mass is 32.2. The van der Waals surface area contributed by atoms with E-state index < -0.39 is 10.0 Å². The second-order valence-electron chi connectivity index (χ2n) is 7.51. The number of piperidine rings is 1. The maximum Gasteiger partial charge on any atom is 0.222 e. The number of hydrogen-bond donors (Lipinski definition) is 2. The molecule has 1 aliphatic rings. The molecule has 2 atom stereocenters. The van der Waals surface area contributed by atoms with Crippen molar-refractivity contribution in [3.63, 3.8) is 0 Å². The Balaban J connectivity index is 1.51. The van der Waals surface area contributed by atoms with Crippen LogP contribution in [0.3, 0.4) is 0 Å². The van der Waals surface area contributed by atoms with Crippen molar-refractivity contribution in [3.8, 4) is 0 Å². The second-order valence-corrected chi connectivity index (χ2v) is 9.29. The number of hydrogen-bond acceptors (Lipinski definition) is 3. The van der Waals surface area contributed by atoms with Gasteiger partial charge in [-0.25, -0.2) is 13.1 Å². The third-order valence-corrected chi connectivity index (χ3v) is 6.22. The van der Waals surface area contributed by atoms with Gasteiger partial charge in [-0.2, -0.15) is 0 Å². The van der Waals surface area contributed by atoms with Crippen molar-refractivity contribution in [1.29, 1.82) is 0 Å². The number of aryl methyl sites for hydroxylation is 1. The Kier molecular flexibility index (Phi) is 6.22. The zero-order valence-electron chi connectivity index (χ0n) is 16.1. The Hall–Kier alpha value is -1.86. The van der Waals surface area contributed by atoms with Crippen LogP contribution in [0.25, 0.3) is 10.9 Å². The molecule has 0 spiro atoms. The van der Waals surface area contributed by atoms with E-state index in [0.717, 1.165) is 24.8 Å². The summed E-state index contributed by atoms with van der Waals surface area (Å²) in [5.74, 6) is 0.345. The van der Waals surface area contributed by atoms with Crippen LogP contribution in [-0.4, -0.2) is 49.6 Å². The number of carbonyl (C=O) groups is 1. The fraction of sp³-hybridized carbons (Fsp3) is 0.550. The van der Waals surface area contributed by atoms with Gasteiger partial charge in [0.1, 0.15) is 0 Å². The first-order valence-electron chi connectivity index (χ1n) is 9.67. The van der Waals surface area contributed by atoms with Crippen molar-refractivity contribution in [2.45, 2.75) is 45.1 Å². The number of sulfonamides is 1. The van der Waals surface area contributed by atoms with Crippen LogP contribution in [0.1, 0.15) is 38.2 Å². The molecule has 0 saturated carbocycles. The summed E-state index contributed by atoms with van der Waals surface area (Å²) in [6, 6.07) is 8.14. The van der Waals surface area contributed by atoms with Gasteiger partial charge < -0.3 is 9.88 Å². The standard InChI is InChI=1S/C20H29N3O3S/c1-3-15-14-23(12-11-18(15)22-27(2,25)26)20(24)10-6-7-16-13-21-19-9-5-4-8-17(16)19/h4-5,8-9,13,15,18,21-22H,3,6-7,10-12,14H2,1-2H3/t15-,18+/m1/s1. The summed E-state index contributed by atoms with van der Waals surface area (Å²) in [6.45, 7) is 3.30. The van der Waals surface area contributed by atoms with E-state index in [1.165, 1.54) is 17.2 Å². The van der Waals surface area contributed by atoms with E-state index in [4.69, 9.17) is 0 Å². The van der Waals surface area contributed by atoms with Crippen molar-refractivity contribution in [2.24, 2.45) is 5.92 Å². The molecule has 1 aromatic carbocycles. The number of rotatable bonds is 7. The minimum absolute atomic E-state index is 0.0692. The number of nitrogens with one attached hydrogen (secondary N) is 2. The molecule has 2 heterocycles. The summed E-state index contributed by atoms with van der Waals surface area (Å²) < 4.78 is 25.8. The lowest BCUT2D eigenvalue weighted by Gasteiger charge is -2.38. The van der Waals surface area contributed by atoms with Crippen LogP contribution in [0.4, 0.5) is 0 Å². The van der Waals surface area contributed by atoms with Crippen LogP contribution in [0.5, 0.6) is 0 Å². The molecule has 148 valence electrons. The first-order chi connectivity index (χ1) is 12.9. The average molecular weight is 392 g/mol. The predicted molar refractivity (Wildman–Crippen MR) is 108 cm³/mol. The number of likely N-dealkylation sites (tertiary alicyclic amines) is 1. The van der Waals surface area contributed by atoms with Gasteiger partial charge in [0.15, 0.2) is 0 Å². The van der Waals surface area contributed by atoms with Gasteiger partial charge in [0.05, 0.1) is 6.26 Å². The molecular formula is C20H29N3O3S. The molecular weight excluding hydrogens is 362 g/mol. The number of fused-ring (bicyclic) bond motifs is 1. The number of H-pyrrole nitrogens is 1. The lowest BCUT2D eigenvalue weighted by atomic mass is 9.90. The monoisotopic (exact) mass is 391 g/mol. The van der Waals surface area contributed by atoms with Crippen LogP contribution in [0.2, 0.25) is 0 Å². The zero-order valence-corrected chi connectivity index (χ0v) is 16.9. The Morgan fingerprint density at radius 1 is 1.33 bits per heavy atom. The number of carbonyl (C=O) groups excluding carboxylic acids is 1.